The van der Waals surface area contributed by atoms with E-state index in [1.54, 1.807) is 4.90 Å². The topological polar surface area (TPSA) is 29.1 Å². The SMILES string of the molecule is OCC[NH+]1CC[NH+](Cc2ccccc2Cl)CC1. The molecule has 17 heavy (non-hydrogen) atoms. The second-order valence-electron chi connectivity index (χ2n) is 4.74. The maximum atomic E-state index is 8.91. The van der Waals surface area contributed by atoms with Crippen LogP contribution in [0, 0.1) is 0 Å². The molecule has 1 aromatic rings. The van der Waals surface area contributed by atoms with Crippen LogP contribution < -0.4 is 9.80 Å². The molecule has 0 radical (unpaired) electrons. The van der Waals surface area contributed by atoms with Crippen LogP contribution in [-0.2, 0) is 6.54 Å². The number of hydrogen-bond donors (Lipinski definition) is 3. The van der Waals surface area contributed by atoms with Gasteiger partial charge in [0.15, 0.2) is 0 Å². The monoisotopic (exact) mass is 256 g/mol. The lowest BCUT2D eigenvalue weighted by Crippen LogP contribution is -3.27. The zero-order valence-electron chi connectivity index (χ0n) is 10.1. The molecule has 0 unspecified atom stereocenters. The summed E-state index contributed by atoms with van der Waals surface area (Å²) in [6, 6.07) is 8.10. The van der Waals surface area contributed by atoms with E-state index < -0.39 is 0 Å². The molecule has 1 saturated heterocycles. The van der Waals surface area contributed by atoms with E-state index in [1.807, 2.05) is 18.2 Å². The maximum absolute atomic E-state index is 8.91. The van der Waals surface area contributed by atoms with Crippen molar-refractivity contribution in [3.8, 4) is 0 Å². The largest absolute Gasteiger partial charge is 0.391 e. The summed E-state index contributed by atoms with van der Waals surface area (Å²) in [7, 11) is 0. The number of rotatable bonds is 4. The number of piperazine rings is 1. The van der Waals surface area contributed by atoms with Crippen LogP contribution >= 0.6 is 11.6 Å². The molecule has 94 valence electrons. The van der Waals surface area contributed by atoms with Gasteiger partial charge in [0, 0.05) is 10.6 Å². The summed E-state index contributed by atoms with van der Waals surface area (Å²) >= 11 is 6.17. The summed E-state index contributed by atoms with van der Waals surface area (Å²) in [5.41, 5.74) is 1.25. The third-order valence-electron chi connectivity index (χ3n) is 3.53. The van der Waals surface area contributed by atoms with Crippen molar-refractivity contribution in [2.45, 2.75) is 6.54 Å². The number of benzene rings is 1. The summed E-state index contributed by atoms with van der Waals surface area (Å²) in [5, 5.41) is 9.79. The fraction of sp³-hybridized carbons (Fsp3) is 0.538. The molecular weight excluding hydrogens is 236 g/mol. The highest BCUT2D eigenvalue weighted by atomic mass is 35.5. The smallest absolute Gasteiger partial charge is 0.127 e. The van der Waals surface area contributed by atoms with Crippen molar-refractivity contribution < 1.29 is 14.9 Å². The van der Waals surface area contributed by atoms with Gasteiger partial charge in [0.25, 0.3) is 0 Å². The van der Waals surface area contributed by atoms with Gasteiger partial charge in [0.05, 0.1) is 6.61 Å². The number of nitrogens with one attached hydrogen (secondary N) is 2. The number of halogens is 1. The predicted molar refractivity (Wildman–Crippen MR) is 68.5 cm³/mol. The molecule has 1 aromatic carbocycles. The Bertz CT molecular complexity index is 351. The van der Waals surface area contributed by atoms with Crippen LogP contribution in [-0.4, -0.2) is 44.4 Å². The van der Waals surface area contributed by atoms with Gasteiger partial charge in [-0.15, -0.1) is 0 Å². The van der Waals surface area contributed by atoms with Gasteiger partial charge in [-0.05, 0) is 6.07 Å². The van der Waals surface area contributed by atoms with Gasteiger partial charge in [0.2, 0.25) is 0 Å². The molecule has 4 heteroatoms. The van der Waals surface area contributed by atoms with Crippen molar-refractivity contribution in [2.75, 3.05) is 39.3 Å². The Morgan fingerprint density at radius 3 is 2.35 bits per heavy atom. The van der Waals surface area contributed by atoms with Crippen LogP contribution in [0.25, 0.3) is 0 Å². The summed E-state index contributed by atoms with van der Waals surface area (Å²) in [6.45, 7) is 6.85. The molecule has 1 heterocycles. The molecule has 1 aliphatic rings. The summed E-state index contributed by atoms with van der Waals surface area (Å²) in [4.78, 5) is 3.12. The molecule has 0 spiro atoms. The van der Waals surface area contributed by atoms with E-state index >= 15 is 0 Å². The van der Waals surface area contributed by atoms with Gasteiger partial charge in [-0.1, -0.05) is 29.8 Å². The lowest BCUT2D eigenvalue weighted by Gasteiger charge is -2.29. The Hall–Kier alpha value is -0.610. The minimum absolute atomic E-state index is 0.301. The molecule has 1 fully saturated rings. The van der Waals surface area contributed by atoms with Crippen LogP contribution in [0.5, 0.6) is 0 Å². The van der Waals surface area contributed by atoms with Crippen LogP contribution in [0.15, 0.2) is 24.3 Å². The van der Waals surface area contributed by atoms with Crippen molar-refractivity contribution in [1.29, 1.82) is 0 Å². The van der Waals surface area contributed by atoms with Crippen molar-refractivity contribution in [2.24, 2.45) is 0 Å². The molecule has 3 nitrogen and oxygen atoms in total. The van der Waals surface area contributed by atoms with Crippen LogP contribution in [0.3, 0.4) is 0 Å². The van der Waals surface area contributed by atoms with Crippen molar-refractivity contribution >= 4 is 11.6 Å². The Kier molecular flexibility index (Phi) is 4.80. The molecule has 0 aliphatic carbocycles. The second kappa shape index (κ2) is 6.36. The zero-order valence-corrected chi connectivity index (χ0v) is 10.8. The molecule has 3 N–H and O–H groups in total. The van der Waals surface area contributed by atoms with Crippen LogP contribution in [0.1, 0.15) is 5.56 Å². The van der Waals surface area contributed by atoms with Gasteiger partial charge in [-0.25, -0.2) is 0 Å². The second-order valence-corrected chi connectivity index (χ2v) is 5.15. The molecule has 0 saturated carbocycles. The van der Waals surface area contributed by atoms with E-state index in [-0.39, 0.29) is 0 Å². The first-order valence-electron chi connectivity index (χ1n) is 6.31. The van der Waals surface area contributed by atoms with E-state index in [9.17, 15) is 0 Å². The minimum atomic E-state index is 0.301. The number of hydrogen-bond acceptors (Lipinski definition) is 1. The Morgan fingerprint density at radius 2 is 1.71 bits per heavy atom. The predicted octanol–water partition coefficient (Wildman–Crippen LogP) is -1.38. The molecule has 1 aliphatic heterocycles. The molecule has 0 amide bonds. The van der Waals surface area contributed by atoms with E-state index in [0.29, 0.717) is 6.61 Å². The molecule has 0 bridgehead atoms. The molecular formula is C13H21ClN2O+2. The molecule has 0 aromatic heterocycles. The third-order valence-corrected chi connectivity index (χ3v) is 3.90. The summed E-state index contributed by atoms with van der Waals surface area (Å²) in [5.74, 6) is 0. The standard InChI is InChI=1S/C13H19ClN2O/c14-13-4-2-1-3-12(13)11-16-7-5-15(6-8-16)9-10-17/h1-4,17H,5-11H2/p+2. The summed E-state index contributed by atoms with van der Waals surface area (Å²) in [6.07, 6.45) is 0. The molecule has 0 atom stereocenters. The van der Waals surface area contributed by atoms with E-state index in [4.69, 9.17) is 16.7 Å². The van der Waals surface area contributed by atoms with E-state index in [0.717, 1.165) is 31.2 Å². The number of quaternary nitrogens is 2. The summed E-state index contributed by atoms with van der Waals surface area (Å²) < 4.78 is 0. The van der Waals surface area contributed by atoms with Crippen LogP contribution in [0.4, 0.5) is 0 Å². The van der Waals surface area contributed by atoms with Gasteiger partial charge >= 0.3 is 0 Å². The van der Waals surface area contributed by atoms with Crippen molar-refractivity contribution in [1.82, 2.24) is 0 Å². The minimum Gasteiger partial charge on any atom is -0.391 e. The lowest BCUT2D eigenvalue weighted by molar-refractivity contribution is -1.02. The first-order valence-corrected chi connectivity index (χ1v) is 6.69. The van der Waals surface area contributed by atoms with E-state index in [2.05, 4.69) is 6.07 Å². The quantitative estimate of drug-likeness (QED) is 0.609. The van der Waals surface area contributed by atoms with Gasteiger partial charge < -0.3 is 14.9 Å². The normalized spacial score (nSPS) is 24.8. The van der Waals surface area contributed by atoms with Gasteiger partial charge in [0.1, 0.15) is 39.3 Å². The highest BCUT2D eigenvalue weighted by molar-refractivity contribution is 6.31. The van der Waals surface area contributed by atoms with E-state index in [1.165, 1.54) is 23.6 Å². The first kappa shape index (κ1) is 12.8. The average molecular weight is 257 g/mol. The molecule has 2 rings (SSSR count). The maximum Gasteiger partial charge on any atom is 0.127 e. The lowest BCUT2D eigenvalue weighted by atomic mass is 10.2. The number of aliphatic hydroxyl groups is 1. The Morgan fingerprint density at radius 1 is 1.06 bits per heavy atom. The highest BCUT2D eigenvalue weighted by Gasteiger charge is 2.22. The fourth-order valence-electron chi connectivity index (χ4n) is 2.45. The Balaban J connectivity index is 1.84. The average Bonchev–Trinajstić information content (AvgIpc) is 2.35. The highest BCUT2D eigenvalue weighted by Crippen LogP contribution is 2.13. The number of aliphatic hydroxyl groups excluding tert-OH is 1. The first-order chi connectivity index (χ1) is 8.29. The van der Waals surface area contributed by atoms with Crippen LogP contribution in [0.2, 0.25) is 5.02 Å². The fourth-order valence-corrected chi connectivity index (χ4v) is 2.66. The van der Waals surface area contributed by atoms with Crippen molar-refractivity contribution in [3.05, 3.63) is 34.9 Å². The van der Waals surface area contributed by atoms with Gasteiger partial charge in [-0.2, -0.15) is 0 Å². The third kappa shape index (κ3) is 3.68. The zero-order chi connectivity index (χ0) is 12.1. The van der Waals surface area contributed by atoms with Gasteiger partial charge in [-0.3, -0.25) is 0 Å². The Labute approximate surface area is 108 Å². The van der Waals surface area contributed by atoms with Crippen molar-refractivity contribution in [3.63, 3.8) is 0 Å².